The molecule has 1 aliphatic heterocycles. The summed E-state index contributed by atoms with van der Waals surface area (Å²) < 4.78 is 5.30. The van der Waals surface area contributed by atoms with Gasteiger partial charge in [-0.1, -0.05) is 13.8 Å². The molecule has 0 radical (unpaired) electrons. The molecular weight excluding hydrogens is 204 g/mol. The van der Waals surface area contributed by atoms with Crippen molar-refractivity contribution in [3.63, 3.8) is 0 Å². The van der Waals surface area contributed by atoms with E-state index in [1.165, 1.54) is 0 Å². The van der Waals surface area contributed by atoms with E-state index in [1.54, 1.807) is 0 Å². The molecule has 4 heteroatoms. The van der Waals surface area contributed by atoms with Crippen molar-refractivity contribution in [2.45, 2.75) is 45.7 Å². The van der Waals surface area contributed by atoms with Crippen LogP contribution in [0, 0.1) is 11.8 Å². The van der Waals surface area contributed by atoms with Crippen molar-refractivity contribution >= 4 is 5.91 Å². The van der Waals surface area contributed by atoms with Crippen LogP contribution in [0.4, 0.5) is 0 Å². The Morgan fingerprint density at radius 3 is 2.38 bits per heavy atom. The van der Waals surface area contributed by atoms with Gasteiger partial charge in [0, 0.05) is 19.3 Å². The molecular formula is C12H24N2O2. The standard InChI is InChI=1S/C12H24N2O2/c1-8(2)11(13)12(15)14-9(3)10-4-6-16-7-5-10/h8-11H,4-7,13H2,1-3H3,(H,14,15)/t9?,11-/m1/s1. The van der Waals surface area contributed by atoms with Crippen LogP contribution in [-0.2, 0) is 9.53 Å². The molecule has 0 aromatic heterocycles. The molecule has 3 N–H and O–H groups in total. The number of ether oxygens (including phenoxy) is 1. The maximum atomic E-state index is 11.8. The lowest BCUT2D eigenvalue weighted by Gasteiger charge is -2.29. The Bertz CT molecular complexity index is 225. The fourth-order valence-corrected chi connectivity index (χ4v) is 1.96. The molecule has 2 atom stereocenters. The first kappa shape index (κ1) is 13.5. The second kappa shape index (κ2) is 6.21. The molecule has 1 fully saturated rings. The molecule has 1 amide bonds. The molecule has 0 spiro atoms. The SMILES string of the molecule is CC(NC(=O)[C@H](N)C(C)C)C1CCOCC1. The predicted molar refractivity (Wildman–Crippen MR) is 64.0 cm³/mol. The van der Waals surface area contributed by atoms with E-state index in [2.05, 4.69) is 12.2 Å². The van der Waals surface area contributed by atoms with Gasteiger partial charge in [-0.25, -0.2) is 0 Å². The highest BCUT2D eigenvalue weighted by Gasteiger charge is 2.24. The van der Waals surface area contributed by atoms with Gasteiger partial charge in [0.25, 0.3) is 0 Å². The van der Waals surface area contributed by atoms with Crippen LogP contribution >= 0.6 is 0 Å². The summed E-state index contributed by atoms with van der Waals surface area (Å²) in [5.74, 6) is 0.674. The molecule has 0 saturated carbocycles. The Balaban J connectivity index is 2.37. The molecule has 0 bridgehead atoms. The Morgan fingerprint density at radius 2 is 1.88 bits per heavy atom. The summed E-state index contributed by atoms with van der Waals surface area (Å²) in [6.07, 6.45) is 2.05. The zero-order chi connectivity index (χ0) is 12.1. The van der Waals surface area contributed by atoms with Crippen LogP contribution in [0.1, 0.15) is 33.6 Å². The number of rotatable bonds is 4. The number of hydrogen-bond acceptors (Lipinski definition) is 3. The van der Waals surface area contributed by atoms with E-state index in [9.17, 15) is 4.79 Å². The van der Waals surface area contributed by atoms with Crippen LogP contribution in [0.25, 0.3) is 0 Å². The van der Waals surface area contributed by atoms with Gasteiger partial charge >= 0.3 is 0 Å². The van der Waals surface area contributed by atoms with E-state index in [-0.39, 0.29) is 17.9 Å². The van der Waals surface area contributed by atoms with Crippen molar-refractivity contribution in [2.75, 3.05) is 13.2 Å². The molecule has 1 heterocycles. The van der Waals surface area contributed by atoms with E-state index in [0.717, 1.165) is 26.1 Å². The van der Waals surface area contributed by atoms with Gasteiger partial charge in [-0.05, 0) is 31.6 Å². The second-order valence-electron chi connectivity index (χ2n) is 5.02. The number of nitrogens with one attached hydrogen (secondary N) is 1. The van der Waals surface area contributed by atoms with E-state index in [4.69, 9.17) is 10.5 Å². The maximum Gasteiger partial charge on any atom is 0.237 e. The lowest BCUT2D eigenvalue weighted by molar-refractivity contribution is -0.124. The molecule has 1 rings (SSSR count). The fraction of sp³-hybridized carbons (Fsp3) is 0.917. The first-order valence-corrected chi connectivity index (χ1v) is 6.16. The molecule has 0 aromatic rings. The molecule has 1 saturated heterocycles. The van der Waals surface area contributed by atoms with Gasteiger partial charge in [-0.15, -0.1) is 0 Å². The molecule has 94 valence electrons. The first-order valence-electron chi connectivity index (χ1n) is 6.16. The molecule has 1 unspecified atom stereocenters. The average Bonchev–Trinajstić information content (AvgIpc) is 2.28. The third-order valence-electron chi connectivity index (χ3n) is 3.36. The lowest BCUT2D eigenvalue weighted by atomic mass is 9.92. The largest absolute Gasteiger partial charge is 0.381 e. The fourth-order valence-electron chi connectivity index (χ4n) is 1.96. The summed E-state index contributed by atoms with van der Waals surface area (Å²) in [5.41, 5.74) is 5.80. The van der Waals surface area contributed by atoms with Gasteiger partial charge in [0.2, 0.25) is 5.91 Å². The smallest absolute Gasteiger partial charge is 0.237 e. The third kappa shape index (κ3) is 3.76. The van der Waals surface area contributed by atoms with Gasteiger partial charge in [-0.3, -0.25) is 4.79 Å². The summed E-state index contributed by atoms with van der Waals surface area (Å²) in [7, 11) is 0. The van der Waals surface area contributed by atoms with Crippen LogP contribution in [0.15, 0.2) is 0 Å². The van der Waals surface area contributed by atoms with E-state index < -0.39 is 6.04 Å². The number of hydrogen-bond donors (Lipinski definition) is 2. The Hall–Kier alpha value is -0.610. The highest BCUT2D eigenvalue weighted by Crippen LogP contribution is 2.18. The van der Waals surface area contributed by atoms with Crippen LogP contribution in [0.3, 0.4) is 0 Å². The molecule has 4 nitrogen and oxygen atoms in total. The third-order valence-corrected chi connectivity index (χ3v) is 3.36. The Kier molecular flexibility index (Phi) is 5.22. The minimum Gasteiger partial charge on any atom is -0.381 e. The van der Waals surface area contributed by atoms with Gasteiger partial charge < -0.3 is 15.8 Å². The van der Waals surface area contributed by atoms with E-state index in [1.807, 2.05) is 13.8 Å². The zero-order valence-corrected chi connectivity index (χ0v) is 10.5. The number of amides is 1. The predicted octanol–water partition coefficient (Wildman–Crippen LogP) is 0.901. The van der Waals surface area contributed by atoms with Crippen molar-refractivity contribution < 1.29 is 9.53 Å². The summed E-state index contributed by atoms with van der Waals surface area (Å²) >= 11 is 0. The molecule has 16 heavy (non-hydrogen) atoms. The molecule has 0 aliphatic carbocycles. The normalized spacial score (nSPS) is 21.8. The van der Waals surface area contributed by atoms with Crippen LogP contribution in [0.5, 0.6) is 0 Å². The number of nitrogens with two attached hydrogens (primary N) is 1. The summed E-state index contributed by atoms with van der Waals surface area (Å²) in [4.78, 5) is 11.8. The van der Waals surface area contributed by atoms with Gasteiger partial charge in [-0.2, -0.15) is 0 Å². The van der Waals surface area contributed by atoms with Crippen molar-refractivity contribution in [1.29, 1.82) is 0 Å². The monoisotopic (exact) mass is 228 g/mol. The van der Waals surface area contributed by atoms with Gasteiger partial charge in [0.1, 0.15) is 0 Å². The van der Waals surface area contributed by atoms with Crippen molar-refractivity contribution in [3.8, 4) is 0 Å². The van der Waals surface area contributed by atoms with Crippen LogP contribution in [0.2, 0.25) is 0 Å². The summed E-state index contributed by atoms with van der Waals surface area (Å²) in [6, 6.07) is -0.205. The molecule has 1 aliphatic rings. The highest BCUT2D eigenvalue weighted by molar-refractivity contribution is 5.81. The first-order chi connectivity index (χ1) is 7.52. The Labute approximate surface area is 97.9 Å². The average molecular weight is 228 g/mol. The number of carbonyl (C=O) groups is 1. The van der Waals surface area contributed by atoms with E-state index >= 15 is 0 Å². The van der Waals surface area contributed by atoms with Crippen LogP contribution < -0.4 is 11.1 Å². The highest BCUT2D eigenvalue weighted by atomic mass is 16.5. The maximum absolute atomic E-state index is 11.8. The lowest BCUT2D eigenvalue weighted by Crippen LogP contribution is -2.49. The summed E-state index contributed by atoms with van der Waals surface area (Å²) in [6.45, 7) is 7.59. The van der Waals surface area contributed by atoms with Crippen molar-refractivity contribution in [2.24, 2.45) is 17.6 Å². The zero-order valence-electron chi connectivity index (χ0n) is 10.5. The minimum atomic E-state index is -0.401. The second-order valence-corrected chi connectivity index (χ2v) is 5.02. The van der Waals surface area contributed by atoms with Crippen molar-refractivity contribution in [3.05, 3.63) is 0 Å². The van der Waals surface area contributed by atoms with Gasteiger partial charge in [0.15, 0.2) is 0 Å². The van der Waals surface area contributed by atoms with Crippen molar-refractivity contribution in [1.82, 2.24) is 5.32 Å². The Morgan fingerprint density at radius 1 is 1.31 bits per heavy atom. The minimum absolute atomic E-state index is 0.0333. The van der Waals surface area contributed by atoms with E-state index in [0.29, 0.717) is 5.92 Å². The number of carbonyl (C=O) groups excluding carboxylic acids is 1. The molecule has 0 aromatic carbocycles. The summed E-state index contributed by atoms with van der Waals surface area (Å²) in [5, 5.41) is 3.01. The topological polar surface area (TPSA) is 64.4 Å². The van der Waals surface area contributed by atoms with Gasteiger partial charge in [0.05, 0.1) is 6.04 Å². The quantitative estimate of drug-likeness (QED) is 0.751. The van der Waals surface area contributed by atoms with Crippen LogP contribution in [-0.4, -0.2) is 31.2 Å².